The Bertz CT molecular complexity index is 1350. The van der Waals surface area contributed by atoms with Gasteiger partial charge < -0.3 is 15.1 Å². The number of benzene rings is 1. The number of fused-ring (bicyclic) bond motifs is 2. The van der Waals surface area contributed by atoms with Crippen LogP contribution in [0.1, 0.15) is 43.4 Å². The van der Waals surface area contributed by atoms with E-state index in [-0.39, 0.29) is 53.2 Å². The van der Waals surface area contributed by atoms with E-state index in [1.54, 1.807) is 0 Å². The first-order chi connectivity index (χ1) is 16.3. The lowest BCUT2D eigenvalue weighted by Crippen LogP contribution is -2.70. The van der Waals surface area contributed by atoms with Crippen LogP contribution in [0, 0.1) is 17.8 Å². The van der Waals surface area contributed by atoms with Crippen molar-refractivity contribution in [2.45, 2.75) is 61.9 Å². The highest BCUT2D eigenvalue weighted by Crippen LogP contribution is 2.71. The van der Waals surface area contributed by atoms with Crippen LogP contribution in [-0.2, 0) is 19.5 Å². The van der Waals surface area contributed by atoms with Crippen molar-refractivity contribution in [3.8, 4) is 5.88 Å². The standard InChI is InChI=1S/C26H32N4O4/c1-5-12-13-10-16-21-26(14-8-6-7-9-15(14)27(21)2)11-17(18(13)22(26)31)30(16)20(12)19-23(32)28(3)25(34)29(4)24(19)33/h6-9,12-13,16-18,20-22,31-32H,5,10-11H2,1-4H3. The van der Waals surface area contributed by atoms with Gasteiger partial charge in [-0.1, -0.05) is 31.5 Å². The number of rotatable bonds is 2. The van der Waals surface area contributed by atoms with Crippen LogP contribution in [0.5, 0.6) is 5.88 Å². The molecule has 6 heterocycles. The number of para-hydroxylation sites is 1. The van der Waals surface area contributed by atoms with Gasteiger partial charge in [0.25, 0.3) is 5.56 Å². The molecule has 34 heavy (non-hydrogen) atoms. The van der Waals surface area contributed by atoms with Crippen LogP contribution in [0.25, 0.3) is 0 Å². The number of nitrogens with zero attached hydrogens (tertiary/aromatic N) is 4. The summed E-state index contributed by atoms with van der Waals surface area (Å²) in [6.45, 7) is 2.14. The molecular weight excluding hydrogens is 432 g/mol. The predicted octanol–water partition coefficient (Wildman–Crippen LogP) is 1.08. The molecule has 1 saturated carbocycles. The minimum Gasteiger partial charge on any atom is -0.494 e. The quantitative estimate of drug-likeness (QED) is 0.691. The number of aromatic hydroxyl groups is 1. The molecule has 5 aliphatic heterocycles. The Labute approximate surface area is 198 Å². The van der Waals surface area contributed by atoms with Gasteiger partial charge in [-0.15, -0.1) is 0 Å². The van der Waals surface area contributed by atoms with Crippen LogP contribution in [0.4, 0.5) is 5.69 Å². The van der Waals surface area contributed by atoms with Gasteiger partial charge in [-0.3, -0.25) is 18.8 Å². The molecule has 6 aliphatic rings. The van der Waals surface area contributed by atoms with Gasteiger partial charge in [-0.25, -0.2) is 4.79 Å². The summed E-state index contributed by atoms with van der Waals surface area (Å²) in [5, 5.41) is 23.1. The normalized spacial score (nSPS) is 42.9. The minimum absolute atomic E-state index is 0.116. The van der Waals surface area contributed by atoms with Gasteiger partial charge in [0.15, 0.2) is 0 Å². The van der Waals surface area contributed by atoms with Gasteiger partial charge in [-0.05, 0) is 36.3 Å². The van der Waals surface area contributed by atoms with Crippen molar-refractivity contribution < 1.29 is 10.2 Å². The van der Waals surface area contributed by atoms with Gasteiger partial charge in [0, 0.05) is 56.3 Å². The number of piperidine rings is 4. The predicted molar refractivity (Wildman–Crippen MR) is 127 cm³/mol. The van der Waals surface area contributed by atoms with Crippen molar-refractivity contribution in [3.05, 3.63) is 56.2 Å². The molecule has 0 amide bonds. The van der Waals surface area contributed by atoms with Crippen molar-refractivity contribution in [2.75, 3.05) is 11.9 Å². The topological polar surface area (TPSA) is 90.9 Å². The first-order valence-corrected chi connectivity index (χ1v) is 12.5. The summed E-state index contributed by atoms with van der Waals surface area (Å²) in [5.74, 6) is 0.350. The van der Waals surface area contributed by atoms with E-state index in [0.29, 0.717) is 5.56 Å². The van der Waals surface area contributed by atoms with E-state index >= 15 is 0 Å². The maximum absolute atomic E-state index is 13.4. The highest BCUT2D eigenvalue weighted by Gasteiger charge is 2.76. The molecule has 4 saturated heterocycles. The summed E-state index contributed by atoms with van der Waals surface area (Å²) in [5.41, 5.74) is 1.59. The number of aliphatic hydroxyl groups is 1. The number of anilines is 1. The molecule has 10 atom stereocenters. The number of hydrogen-bond donors (Lipinski definition) is 2. The summed E-state index contributed by atoms with van der Waals surface area (Å²) >= 11 is 0. The number of hydrogen-bond acceptors (Lipinski definition) is 6. The lowest BCUT2D eigenvalue weighted by Gasteiger charge is -2.64. The van der Waals surface area contributed by atoms with Crippen molar-refractivity contribution in [2.24, 2.45) is 31.8 Å². The van der Waals surface area contributed by atoms with E-state index in [0.717, 1.165) is 23.8 Å². The smallest absolute Gasteiger partial charge is 0.333 e. The van der Waals surface area contributed by atoms with E-state index in [9.17, 15) is 19.8 Å². The van der Waals surface area contributed by atoms with Gasteiger partial charge in [0.05, 0.1) is 17.7 Å². The maximum Gasteiger partial charge on any atom is 0.333 e. The van der Waals surface area contributed by atoms with Crippen LogP contribution in [0.3, 0.4) is 0 Å². The molecule has 1 aromatic heterocycles. The number of likely N-dealkylation sites (N-methyl/N-ethyl adjacent to an activating group) is 1. The molecule has 1 aromatic carbocycles. The monoisotopic (exact) mass is 464 g/mol. The summed E-state index contributed by atoms with van der Waals surface area (Å²) in [6.07, 6.45) is 2.27. The average molecular weight is 465 g/mol. The molecule has 180 valence electrons. The third kappa shape index (κ3) is 1.98. The summed E-state index contributed by atoms with van der Waals surface area (Å²) in [4.78, 5) is 30.8. The average Bonchev–Trinajstić information content (AvgIpc) is 3.23. The zero-order valence-electron chi connectivity index (χ0n) is 20.0. The van der Waals surface area contributed by atoms with Crippen molar-refractivity contribution >= 4 is 5.69 Å². The van der Waals surface area contributed by atoms with Gasteiger partial charge in [0.1, 0.15) is 0 Å². The van der Waals surface area contributed by atoms with E-state index in [2.05, 4.69) is 48.0 Å². The maximum atomic E-state index is 13.4. The molecule has 5 bridgehead atoms. The minimum atomic E-state index is -0.516. The fourth-order valence-electron chi connectivity index (χ4n) is 9.41. The van der Waals surface area contributed by atoms with Crippen molar-refractivity contribution in [3.63, 3.8) is 0 Å². The Morgan fingerprint density at radius 3 is 2.56 bits per heavy atom. The third-order valence-electron chi connectivity index (χ3n) is 10.5. The highest BCUT2D eigenvalue weighted by atomic mass is 16.3. The molecule has 1 aliphatic carbocycles. The van der Waals surface area contributed by atoms with Crippen LogP contribution in [-0.4, -0.2) is 55.5 Å². The van der Waals surface area contributed by atoms with Crippen LogP contribution in [0.2, 0.25) is 0 Å². The van der Waals surface area contributed by atoms with E-state index < -0.39 is 17.4 Å². The van der Waals surface area contributed by atoms with Crippen molar-refractivity contribution in [1.29, 1.82) is 0 Å². The second-order valence-corrected chi connectivity index (χ2v) is 11.3. The fourth-order valence-corrected chi connectivity index (χ4v) is 9.41. The van der Waals surface area contributed by atoms with Crippen LogP contribution < -0.4 is 16.1 Å². The molecular formula is C26H32N4O4. The Hall–Kier alpha value is -2.58. The molecule has 0 radical (unpaired) electrons. The Kier molecular flexibility index (Phi) is 3.87. The first-order valence-electron chi connectivity index (χ1n) is 12.5. The Morgan fingerprint density at radius 1 is 1.09 bits per heavy atom. The van der Waals surface area contributed by atoms with Crippen LogP contribution >= 0.6 is 0 Å². The molecule has 8 heteroatoms. The van der Waals surface area contributed by atoms with E-state index in [1.807, 2.05) is 0 Å². The molecule has 5 fully saturated rings. The lowest BCUT2D eigenvalue weighted by atomic mass is 9.59. The highest BCUT2D eigenvalue weighted by molar-refractivity contribution is 5.67. The fraction of sp³-hybridized carbons (Fsp3) is 0.615. The summed E-state index contributed by atoms with van der Waals surface area (Å²) < 4.78 is 2.31. The van der Waals surface area contributed by atoms with Gasteiger partial charge in [0.2, 0.25) is 5.88 Å². The molecule has 2 N–H and O–H groups in total. The van der Waals surface area contributed by atoms with Crippen molar-refractivity contribution in [1.82, 2.24) is 14.0 Å². The third-order valence-corrected chi connectivity index (χ3v) is 10.5. The summed E-state index contributed by atoms with van der Waals surface area (Å²) in [7, 11) is 5.15. The summed E-state index contributed by atoms with van der Waals surface area (Å²) in [6, 6.07) is 8.68. The van der Waals surface area contributed by atoms with E-state index in [1.165, 1.54) is 29.9 Å². The molecule has 10 unspecified atom stereocenters. The zero-order chi connectivity index (χ0) is 23.8. The number of aliphatic hydroxyl groups excluding tert-OH is 1. The van der Waals surface area contributed by atoms with Gasteiger partial charge >= 0.3 is 5.69 Å². The molecule has 1 spiro atoms. The first kappa shape index (κ1) is 20.8. The second-order valence-electron chi connectivity index (χ2n) is 11.3. The lowest BCUT2D eigenvalue weighted by molar-refractivity contribution is -0.143. The van der Waals surface area contributed by atoms with Crippen LogP contribution in [0.15, 0.2) is 33.9 Å². The molecule has 2 aromatic rings. The molecule has 8 nitrogen and oxygen atoms in total. The number of aromatic nitrogens is 2. The Balaban J connectivity index is 1.47. The SMILES string of the molecule is CCC1C2CC3C4N(C)c5ccccc5C45CC(C2C5O)N3C1c1c(O)n(C)c(=O)n(C)c1=O. The Morgan fingerprint density at radius 2 is 1.82 bits per heavy atom. The second kappa shape index (κ2) is 6.34. The van der Waals surface area contributed by atoms with E-state index in [4.69, 9.17) is 0 Å². The zero-order valence-corrected chi connectivity index (χ0v) is 20.0. The largest absolute Gasteiger partial charge is 0.494 e. The van der Waals surface area contributed by atoms with Gasteiger partial charge in [-0.2, -0.15) is 0 Å². The molecule has 8 rings (SSSR count).